The van der Waals surface area contributed by atoms with Crippen molar-refractivity contribution in [1.29, 1.82) is 0 Å². The van der Waals surface area contributed by atoms with Crippen LogP contribution < -0.4 is 5.32 Å². The highest BCUT2D eigenvalue weighted by atomic mass is 79.9. The van der Waals surface area contributed by atoms with Crippen LogP contribution in [0.4, 0.5) is 0 Å². The second kappa shape index (κ2) is 7.19. The van der Waals surface area contributed by atoms with Gasteiger partial charge in [0.25, 0.3) is 5.91 Å². The molecule has 2 heterocycles. The van der Waals surface area contributed by atoms with E-state index >= 15 is 0 Å². The lowest BCUT2D eigenvalue weighted by Crippen LogP contribution is -2.28. The monoisotopic (exact) mass is 407 g/mol. The molecule has 1 N–H and O–H groups in total. The maximum atomic E-state index is 12.2. The lowest BCUT2D eigenvalue weighted by Gasteiger charge is -2.04. The van der Waals surface area contributed by atoms with Gasteiger partial charge in [-0.2, -0.15) is 0 Å². The zero-order valence-electron chi connectivity index (χ0n) is 12.8. The summed E-state index contributed by atoms with van der Waals surface area (Å²) in [6, 6.07) is 9.32. The quantitative estimate of drug-likeness (QED) is 0.647. The molecule has 1 aromatic carbocycles. The molecule has 1 amide bonds. The van der Waals surface area contributed by atoms with Crippen LogP contribution in [0.1, 0.15) is 21.0 Å². The van der Waals surface area contributed by atoms with Gasteiger partial charge >= 0.3 is 5.97 Å². The first-order valence-electron chi connectivity index (χ1n) is 7.19. The van der Waals surface area contributed by atoms with Gasteiger partial charge in [0, 0.05) is 20.3 Å². The minimum Gasteiger partial charge on any atom is -0.450 e. The summed E-state index contributed by atoms with van der Waals surface area (Å²) < 4.78 is 11.5. The first kappa shape index (κ1) is 16.7. The predicted molar refractivity (Wildman–Crippen MR) is 95.1 cm³/mol. The van der Waals surface area contributed by atoms with Gasteiger partial charge in [0.2, 0.25) is 5.76 Å². The van der Waals surface area contributed by atoms with Crippen molar-refractivity contribution in [2.45, 2.75) is 13.5 Å². The second-order valence-corrected chi connectivity index (χ2v) is 7.08. The van der Waals surface area contributed by atoms with Crippen LogP contribution in [-0.4, -0.2) is 18.5 Å². The Morgan fingerprint density at radius 3 is 2.92 bits per heavy atom. The fraction of sp³-hybridized carbons (Fsp3) is 0.176. The molecular formula is C17H14BrNO4S. The fourth-order valence-corrected chi connectivity index (χ4v) is 3.24. The Morgan fingerprint density at radius 1 is 1.33 bits per heavy atom. The average molecular weight is 408 g/mol. The molecule has 0 atom stereocenters. The molecule has 0 aliphatic rings. The minimum absolute atomic E-state index is 0.120. The Morgan fingerprint density at radius 2 is 2.17 bits per heavy atom. The number of carbonyl (C=O) groups excluding carboxylic acids is 2. The van der Waals surface area contributed by atoms with Crippen LogP contribution in [0.3, 0.4) is 0 Å². The van der Waals surface area contributed by atoms with Crippen molar-refractivity contribution >= 4 is 50.1 Å². The Labute approximate surface area is 150 Å². The van der Waals surface area contributed by atoms with Crippen LogP contribution in [0.25, 0.3) is 11.0 Å². The molecule has 2 aromatic heterocycles. The number of carbonyl (C=O) groups is 2. The lowest BCUT2D eigenvalue weighted by atomic mass is 10.1. The summed E-state index contributed by atoms with van der Waals surface area (Å²) in [4.78, 5) is 24.9. The number of hydrogen-bond acceptors (Lipinski definition) is 5. The molecule has 0 fully saturated rings. The molecule has 3 rings (SSSR count). The number of nitrogens with one attached hydrogen (secondary N) is 1. The van der Waals surface area contributed by atoms with Gasteiger partial charge in [-0.1, -0.05) is 22.0 Å². The van der Waals surface area contributed by atoms with Crippen molar-refractivity contribution in [2.75, 3.05) is 6.61 Å². The zero-order chi connectivity index (χ0) is 17.1. The maximum absolute atomic E-state index is 12.2. The van der Waals surface area contributed by atoms with Crippen LogP contribution >= 0.6 is 27.3 Å². The van der Waals surface area contributed by atoms with Gasteiger partial charge in [-0.15, -0.1) is 11.3 Å². The van der Waals surface area contributed by atoms with Crippen molar-refractivity contribution in [2.24, 2.45) is 0 Å². The van der Waals surface area contributed by atoms with Crippen molar-refractivity contribution in [3.8, 4) is 0 Å². The number of esters is 1. The van der Waals surface area contributed by atoms with Crippen LogP contribution in [0.5, 0.6) is 0 Å². The molecule has 24 heavy (non-hydrogen) atoms. The van der Waals surface area contributed by atoms with Crippen molar-refractivity contribution < 1.29 is 18.7 Å². The van der Waals surface area contributed by atoms with E-state index in [9.17, 15) is 9.59 Å². The number of benzene rings is 1. The van der Waals surface area contributed by atoms with Crippen molar-refractivity contribution in [3.63, 3.8) is 0 Å². The Balaban J connectivity index is 1.60. The van der Waals surface area contributed by atoms with E-state index in [4.69, 9.17) is 9.15 Å². The molecule has 7 heteroatoms. The molecular weight excluding hydrogens is 394 g/mol. The number of thiophene rings is 1. The van der Waals surface area contributed by atoms with Crippen LogP contribution in [0.15, 0.2) is 44.6 Å². The van der Waals surface area contributed by atoms with Gasteiger partial charge < -0.3 is 14.5 Å². The smallest absolute Gasteiger partial charge is 0.375 e. The molecule has 0 bridgehead atoms. The van der Waals surface area contributed by atoms with Crippen molar-refractivity contribution in [1.82, 2.24) is 5.32 Å². The van der Waals surface area contributed by atoms with Gasteiger partial charge in [0.1, 0.15) is 5.58 Å². The number of rotatable bonds is 5. The standard InChI is InChI=1S/C17H14BrNO4S/c1-10-13-7-11(18)4-5-14(13)23-16(10)17(21)22-9-15(20)19-8-12-3-2-6-24-12/h2-7H,8-9H2,1H3,(H,19,20). The summed E-state index contributed by atoms with van der Waals surface area (Å²) in [6.07, 6.45) is 0. The van der Waals surface area contributed by atoms with Crippen molar-refractivity contribution in [3.05, 3.63) is 56.4 Å². The van der Waals surface area contributed by atoms with E-state index in [0.29, 0.717) is 17.7 Å². The van der Waals surface area contributed by atoms with E-state index in [1.165, 1.54) is 0 Å². The SMILES string of the molecule is Cc1c(C(=O)OCC(=O)NCc2cccs2)oc2ccc(Br)cc12. The number of aryl methyl sites for hydroxylation is 1. The first-order chi connectivity index (χ1) is 11.5. The van der Waals surface area contributed by atoms with E-state index in [2.05, 4.69) is 21.2 Å². The molecule has 3 aromatic rings. The summed E-state index contributed by atoms with van der Waals surface area (Å²) in [5, 5.41) is 5.46. The number of amides is 1. The minimum atomic E-state index is -0.647. The molecule has 0 radical (unpaired) electrons. The molecule has 0 spiro atoms. The summed E-state index contributed by atoms with van der Waals surface area (Å²) in [5.74, 6) is -0.881. The highest BCUT2D eigenvalue weighted by molar-refractivity contribution is 9.10. The highest BCUT2D eigenvalue weighted by Crippen LogP contribution is 2.28. The topological polar surface area (TPSA) is 68.5 Å². The molecule has 124 valence electrons. The Hall–Kier alpha value is -2.12. The average Bonchev–Trinajstić information content (AvgIpc) is 3.19. The molecule has 0 aliphatic carbocycles. The number of furan rings is 1. The maximum Gasteiger partial charge on any atom is 0.375 e. The van der Waals surface area contributed by atoms with Crippen LogP contribution in [-0.2, 0) is 16.1 Å². The Kier molecular flexibility index (Phi) is 5.01. The summed E-state index contributed by atoms with van der Waals surface area (Å²) >= 11 is 4.94. The third kappa shape index (κ3) is 3.68. The van der Waals surface area contributed by atoms with Gasteiger partial charge in [-0.05, 0) is 36.6 Å². The largest absolute Gasteiger partial charge is 0.450 e. The van der Waals surface area contributed by atoms with E-state index in [1.54, 1.807) is 24.3 Å². The number of fused-ring (bicyclic) bond motifs is 1. The van der Waals surface area contributed by atoms with E-state index in [1.807, 2.05) is 29.6 Å². The Bertz CT molecular complexity index is 886. The lowest BCUT2D eigenvalue weighted by molar-refractivity contribution is -0.124. The predicted octanol–water partition coefficient (Wildman–Crippen LogP) is 4.04. The number of ether oxygens (including phenoxy) is 1. The molecule has 5 nitrogen and oxygen atoms in total. The zero-order valence-corrected chi connectivity index (χ0v) is 15.2. The van der Waals surface area contributed by atoms with Gasteiger partial charge in [0.15, 0.2) is 6.61 Å². The third-order valence-electron chi connectivity index (χ3n) is 3.46. The third-order valence-corrected chi connectivity index (χ3v) is 4.83. The fourth-order valence-electron chi connectivity index (χ4n) is 2.23. The molecule has 0 saturated carbocycles. The van der Waals surface area contributed by atoms with Gasteiger partial charge in [-0.25, -0.2) is 4.79 Å². The summed E-state index contributed by atoms with van der Waals surface area (Å²) in [7, 11) is 0. The molecule has 0 unspecified atom stereocenters. The molecule has 0 saturated heterocycles. The first-order valence-corrected chi connectivity index (χ1v) is 8.86. The summed E-state index contributed by atoms with van der Waals surface area (Å²) in [5.41, 5.74) is 1.29. The van der Waals surface area contributed by atoms with E-state index in [-0.39, 0.29) is 18.3 Å². The highest BCUT2D eigenvalue weighted by Gasteiger charge is 2.20. The van der Waals surface area contributed by atoms with Gasteiger partial charge in [-0.3, -0.25) is 4.79 Å². The number of halogens is 1. The van der Waals surface area contributed by atoms with E-state index < -0.39 is 5.97 Å². The van der Waals surface area contributed by atoms with E-state index in [0.717, 1.165) is 14.7 Å². The summed E-state index contributed by atoms with van der Waals surface area (Å²) in [6.45, 7) is 1.86. The van der Waals surface area contributed by atoms with Crippen LogP contribution in [0, 0.1) is 6.92 Å². The van der Waals surface area contributed by atoms with Gasteiger partial charge in [0.05, 0.1) is 6.54 Å². The molecule has 0 aliphatic heterocycles. The second-order valence-electron chi connectivity index (χ2n) is 5.13. The normalized spacial score (nSPS) is 10.8. The number of hydrogen-bond donors (Lipinski definition) is 1. The van der Waals surface area contributed by atoms with Crippen LogP contribution in [0.2, 0.25) is 0 Å².